The number of aryl methyl sites for hydroxylation is 1. The molecule has 5 nitrogen and oxygen atoms in total. The van der Waals surface area contributed by atoms with Crippen molar-refractivity contribution >= 4 is 16.8 Å². The summed E-state index contributed by atoms with van der Waals surface area (Å²) in [6.07, 6.45) is 2.02. The first-order chi connectivity index (χ1) is 13.1. The molecular formula is C21H28FN3O2. The number of aromatic amines is 1. The molecule has 4 rings (SSSR count). The molecular weight excluding hydrogens is 345 g/mol. The van der Waals surface area contributed by atoms with Gasteiger partial charge in [-0.15, -0.1) is 0 Å². The van der Waals surface area contributed by atoms with Crippen molar-refractivity contribution < 1.29 is 13.9 Å². The highest BCUT2D eigenvalue weighted by Crippen LogP contribution is 2.28. The summed E-state index contributed by atoms with van der Waals surface area (Å²) < 4.78 is 19.5. The van der Waals surface area contributed by atoms with Crippen LogP contribution in [-0.4, -0.2) is 66.1 Å². The Bertz CT molecular complexity index is 820. The number of likely N-dealkylation sites (tertiary alicyclic amines) is 1. The molecule has 2 aromatic rings. The van der Waals surface area contributed by atoms with Gasteiger partial charge in [0.15, 0.2) is 0 Å². The highest BCUT2D eigenvalue weighted by Gasteiger charge is 2.31. The fourth-order valence-electron chi connectivity index (χ4n) is 4.56. The number of benzene rings is 1. The maximum atomic E-state index is 14.0. The summed E-state index contributed by atoms with van der Waals surface area (Å²) in [5, 5.41) is 0.786. The number of amides is 1. The Morgan fingerprint density at radius 3 is 2.59 bits per heavy atom. The number of halogens is 1. The van der Waals surface area contributed by atoms with Crippen molar-refractivity contribution in [3.8, 4) is 0 Å². The van der Waals surface area contributed by atoms with Crippen molar-refractivity contribution in [2.24, 2.45) is 5.92 Å². The number of fused-ring (bicyclic) bond motifs is 1. The van der Waals surface area contributed by atoms with E-state index < -0.39 is 0 Å². The fourth-order valence-corrected chi connectivity index (χ4v) is 4.56. The Balaban J connectivity index is 1.43. The highest BCUT2D eigenvalue weighted by molar-refractivity contribution is 6.01. The number of carbonyl (C=O) groups excluding carboxylic acids is 1. The molecule has 0 bridgehead atoms. The third-order valence-corrected chi connectivity index (χ3v) is 6.39. The van der Waals surface area contributed by atoms with E-state index in [1.165, 1.54) is 6.07 Å². The minimum absolute atomic E-state index is 0.0134. The second kappa shape index (κ2) is 7.60. The number of nitrogens with zero attached hydrogens (tertiary/aromatic N) is 2. The zero-order valence-corrected chi connectivity index (χ0v) is 16.1. The lowest BCUT2D eigenvalue weighted by atomic mass is 9.89. The van der Waals surface area contributed by atoms with Gasteiger partial charge in [0, 0.05) is 37.6 Å². The van der Waals surface area contributed by atoms with Crippen LogP contribution in [0.15, 0.2) is 18.2 Å². The second-order valence-corrected chi connectivity index (χ2v) is 7.81. The van der Waals surface area contributed by atoms with Gasteiger partial charge in [0.2, 0.25) is 0 Å². The summed E-state index contributed by atoms with van der Waals surface area (Å²) in [5.41, 5.74) is 1.78. The number of ether oxygens (including phenoxy) is 1. The van der Waals surface area contributed by atoms with E-state index in [1.807, 2.05) is 17.9 Å². The smallest absolute Gasteiger partial charge is 0.270 e. The molecule has 1 aromatic carbocycles. The van der Waals surface area contributed by atoms with Crippen LogP contribution in [-0.2, 0) is 4.74 Å². The van der Waals surface area contributed by atoms with Gasteiger partial charge >= 0.3 is 0 Å². The van der Waals surface area contributed by atoms with Crippen molar-refractivity contribution in [1.82, 2.24) is 14.8 Å². The lowest BCUT2D eigenvalue weighted by Gasteiger charge is -2.41. The number of para-hydroxylation sites is 1. The van der Waals surface area contributed by atoms with Gasteiger partial charge in [0.25, 0.3) is 5.91 Å². The van der Waals surface area contributed by atoms with E-state index in [2.05, 4.69) is 16.8 Å². The van der Waals surface area contributed by atoms with E-state index >= 15 is 0 Å². The van der Waals surface area contributed by atoms with E-state index in [0.717, 1.165) is 63.2 Å². The average molecular weight is 373 g/mol. The first-order valence-electron chi connectivity index (χ1n) is 9.94. The van der Waals surface area contributed by atoms with Crippen molar-refractivity contribution in [3.63, 3.8) is 0 Å². The first-order valence-corrected chi connectivity index (χ1v) is 9.94. The number of H-pyrrole nitrogens is 1. The molecule has 0 radical (unpaired) electrons. The van der Waals surface area contributed by atoms with E-state index in [-0.39, 0.29) is 11.7 Å². The Kier molecular flexibility index (Phi) is 5.19. The first kappa shape index (κ1) is 18.4. The van der Waals surface area contributed by atoms with Gasteiger partial charge in [-0.3, -0.25) is 9.69 Å². The Morgan fingerprint density at radius 1 is 1.22 bits per heavy atom. The Hall–Kier alpha value is -1.92. The summed E-state index contributed by atoms with van der Waals surface area (Å²) in [5.74, 6) is 0.279. The van der Waals surface area contributed by atoms with Gasteiger partial charge in [0.05, 0.1) is 18.7 Å². The Labute approximate surface area is 159 Å². The highest BCUT2D eigenvalue weighted by atomic mass is 19.1. The van der Waals surface area contributed by atoms with Gasteiger partial charge in [-0.25, -0.2) is 4.39 Å². The van der Waals surface area contributed by atoms with Gasteiger partial charge in [-0.2, -0.15) is 0 Å². The topological polar surface area (TPSA) is 48.6 Å². The molecule has 146 valence electrons. The van der Waals surface area contributed by atoms with Crippen LogP contribution in [0, 0.1) is 18.7 Å². The molecule has 2 aliphatic rings. The van der Waals surface area contributed by atoms with Crippen LogP contribution in [0.4, 0.5) is 4.39 Å². The van der Waals surface area contributed by atoms with Gasteiger partial charge in [0.1, 0.15) is 11.5 Å². The zero-order valence-electron chi connectivity index (χ0n) is 16.1. The van der Waals surface area contributed by atoms with Crippen LogP contribution in [0.2, 0.25) is 0 Å². The second-order valence-electron chi connectivity index (χ2n) is 7.81. The SMILES string of the molecule is Cc1c(C(=O)N2CCC([C@@H](C)N3CCOCC3)CC2)[nH]c2c(F)cccc12. The molecule has 1 atom stereocenters. The predicted molar refractivity (Wildman–Crippen MR) is 103 cm³/mol. The third-order valence-electron chi connectivity index (χ3n) is 6.39. The van der Waals surface area contributed by atoms with Gasteiger partial charge in [-0.1, -0.05) is 12.1 Å². The molecule has 2 aliphatic heterocycles. The van der Waals surface area contributed by atoms with Crippen LogP contribution in [0.25, 0.3) is 10.9 Å². The molecule has 2 fully saturated rings. The third kappa shape index (κ3) is 3.48. The lowest BCUT2D eigenvalue weighted by molar-refractivity contribution is -0.000985. The maximum Gasteiger partial charge on any atom is 0.270 e. The van der Waals surface area contributed by atoms with E-state index in [4.69, 9.17) is 4.74 Å². The molecule has 0 aliphatic carbocycles. The summed E-state index contributed by atoms with van der Waals surface area (Å²) in [6, 6.07) is 5.49. The van der Waals surface area contributed by atoms with Crippen molar-refractivity contribution in [3.05, 3.63) is 35.3 Å². The average Bonchev–Trinajstić information content (AvgIpc) is 3.06. The van der Waals surface area contributed by atoms with Crippen molar-refractivity contribution in [2.75, 3.05) is 39.4 Å². The Morgan fingerprint density at radius 2 is 1.93 bits per heavy atom. The number of hydrogen-bond donors (Lipinski definition) is 1. The number of nitrogens with one attached hydrogen (secondary N) is 1. The molecule has 0 unspecified atom stereocenters. The summed E-state index contributed by atoms with van der Waals surface area (Å²) >= 11 is 0. The normalized spacial score (nSPS) is 20.9. The summed E-state index contributed by atoms with van der Waals surface area (Å²) in [4.78, 5) is 20.5. The largest absolute Gasteiger partial charge is 0.379 e. The molecule has 3 heterocycles. The summed E-state index contributed by atoms with van der Waals surface area (Å²) in [7, 11) is 0. The molecule has 1 aromatic heterocycles. The van der Waals surface area contributed by atoms with Crippen LogP contribution in [0.5, 0.6) is 0 Å². The minimum Gasteiger partial charge on any atom is -0.379 e. The summed E-state index contributed by atoms with van der Waals surface area (Å²) in [6.45, 7) is 9.35. The lowest BCUT2D eigenvalue weighted by Crippen LogP contribution is -2.49. The van der Waals surface area contributed by atoms with E-state index in [9.17, 15) is 9.18 Å². The standard InChI is InChI=1S/C21H28FN3O2/c1-14-17-4-3-5-18(22)20(17)23-19(14)21(26)25-8-6-16(7-9-25)15(2)24-10-12-27-13-11-24/h3-5,15-16,23H,6-13H2,1-2H3/t15-/m1/s1. The minimum atomic E-state index is -0.312. The van der Waals surface area contributed by atoms with Crippen molar-refractivity contribution in [1.29, 1.82) is 0 Å². The molecule has 6 heteroatoms. The zero-order chi connectivity index (χ0) is 19.0. The molecule has 2 saturated heterocycles. The van der Waals surface area contributed by atoms with E-state index in [1.54, 1.807) is 6.07 Å². The van der Waals surface area contributed by atoms with Gasteiger partial charge in [-0.05, 0) is 44.2 Å². The molecule has 0 spiro atoms. The molecule has 1 amide bonds. The quantitative estimate of drug-likeness (QED) is 0.899. The number of piperidine rings is 1. The predicted octanol–water partition coefficient (Wildman–Crippen LogP) is 3.19. The van der Waals surface area contributed by atoms with Gasteiger partial charge < -0.3 is 14.6 Å². The van der Waals surface area contributed by atoms with Crippen LogP contribution in [0.1, 0.15) is 35.8 Å². The number of morpholine rings is 1. The number of rotatable bonds is 3. The van der Waals surface area contributed by atoms with Crippen LogP contribution < -0.4 is 0 Å². The molecule has 1 N–H and O–H groups in total. The number of hydrogen-bond acceptors (Lipinski definition) is 3. The number of aromatic nitrogens is 1. The monoisotopic (exact) mass is 373 g/mol. The van der Waals surface area contributed by atoms with Crippen LogP contribution in [0.3, 0.4) is 0 Å². The van der Waals surface area contributed by atoms with E-state index in [0.29, 0.717) is 23.2 Å². The number of carbonyl (C=O) groups is 1. The molecule has 0 saturated carbocycles. The molecule has 27 heavy (non-hydrogen) atoms. The van der Waals surface area contributed by atoms with Crippen molar-refractivity contribution in [2.45, 2.75) is 32.7 Å². The van der Waals surface area contributed by atoms with Crippen LogP contribution >= 0.6 is 0 Å². The fraction of sp³-hybridized carbons (Fsp3) is 0.571. The maximum absolute atomic E-state index is 14.0.